The maximum Gasteiger partial charge on any atom is 0.416 e. The summed E-state index contributed by atoms with van der Waals surface area (Å²) in [6.45, 7) is 1.72. The number of dihydropyridines is 1. The number of carbonyl (C=O) groups is 2. The summed E-state index contributed by atoms with van der Waals surface area (Å²) in [6.07, 6.45) is -2.76. The molecule has 2 N–H and O–H groups in total. The van der Waals surface area contributed by atoms with Crippen LogP contribution in [0.25, 0.3) is 0 Å². The van der Waals surface area contributed by atoms with Crippen molar-refractivity contribution in [2.75, 3.05) is 5.32 Å². The standard InChI is InChI=1S/C24H20ClF3N2O2/c1-13-20(23(32)30-17-8-3-6-15(12-17)24(26,27)28)21(14-5-2-7-16(25)11-14)22-18(29-13)9-4-10-19(22)31/h2-3,5-8,11-12,21,29H,4,9-10H2,1H3,(H,30,32). The van der Waals surface area contributed by atoms with Crippen LogP contribution in [0, 0.1) is 0 Å². The van der Waals surface area contributed by atoms with Gasteiger partial charge < -0.3 is 10.6 Å². The monoisotopic (exact) mass is 460 g/mol. The molecule has 0 radical (unpaired) electrons. The Balaban J connectivity index is 1.76. The molecule has 0 bridgehead atoms. The lowest BCUT2D eigenvalue weighted by Crippen LogP contribution is -2.35. The summed E-state index contributed by atoms with van der Waals surface area (Å²) in [6, 6.07) is 11.4. The molecule has 1 aliphatic carbocycles. The topological polar surface area (TPSA) is 58.2 Å². The van der Waals surface area contributed by atoms with E-state index in [4.69, 9.17) is 11.6 Å². The Kier molecular flexibility index (Phi) is 5.86. The molecule has 2 aromatic carbocycles. The summed E-state index contributed by atoms with van der Waals surface area (Å²) in [5.74, 6) is -1.30. The van der Waals surface area contributed by atoms with E-state index < -0.39 is 23.6 Å². The molecule has 1 atom stereocenters. The average molecular weight is 461 g/mol. The SMILES string of the molecule is CC1=C(C(=O)Nc2cccc(C(F)(F)F)c2)C(c2cccc(Cl)c2)C2=C(CCCC2=O)N1. The lowest BCUT2D eigenvalue weighted by molar-refractivity contribution is -0.137. The van der Waals surface area contributed by atoms with Crippen LogP contribution in [0.5, 0.6) is 0 Å². The number of allylic oxidation sites excluding steroid dienone is 3. The molecule has 1 heterocycles. The first-order valence-electron chi connectivity index (χ1n) is 10.1. The second kappa shape index (κ2) is 8.47. The molecule has 2 aromatic rings. The molecule has 4 rings (SSSR count). The van der Waals surface area contributed by atoms with Crippen LogP contribution in [0.1, 0.15) is 43.2 Å². The summed E-state index contributed by atoms with van der Waals surface area (Å²) >= 11 is 6.19. The van der Waals surface area contributed by atoms with Gasteiger partial charge >= 0.3 is 6.18 Å². The lowest BCUT2D eigenvalue weighted by atomic mass is 9.75. The predicted molar refractivity (Wildman–Crippen MR) is 116 cm³/mol. The molecule has 8 heteroatoms. The molecule has 32 heavy (non-hydrogen) atoms. The molecule has 1 amide bonds. The Morgan fingerprint density at radius 3 is 2.59 bits per heavy atom. The molecule has 0 spiro atoms. The molecule has 1 aliphatic heterocycles. The maximum absolute atomic E-state index is 13.3. The summed E-state index contributed by atoms with van der Waals surface area (Å²) in [5, 5.41) is 6.22. The Labute approximate surface area is 188 Å². The van der Waals surface area contributed by atoms with E-state index in [0.29, 0.717) is 41.1 Å². The van der Waals surface area contributed by atoms with Crippen molar-refractivity contribution >= 4 is 29.0 Å². The van der Waals surface area contributed by atoms with Crippen molar-refractivity contribution < 1.29 is 22.8 Å². The fourth-order valence-corrected chi connectivity index (χ4v) is 4.47. The highest BCUT2D eigenvalue weighted by atomic mass is 35.5. The van der Waals surface area contributed by atoms with Crippen molar-refractivity contribution in [3.05, 3.63) is 87.2 Å². The highest BCUT2D eigenvalue weighted by Crippen LogP contribution is 2.43. The second-order valence-electron chi connectivity index (χ2n) is 7.85. The van der Waals surface area contributed by atoms with Gasteiger partial charge in [-0.2, -0.15) is 13.2 Å². The van der Waals surface area contributed by atoms with Crippen molar-refractivity contribution in [3.63, 3.8) is 0 Å². The second-order valence-corrected chi connectivity index (χ2v) is 8.29. The van der Waals surface area contributed by atoms with Crippen LogP contribution < -0.4 is 10.6 Å². The Morgan fingerprint density at radius 1 is 1.12 bits per heavy atom. The number of benzene rings is 2. The zero-order valence-corrected chi connectivity index (χ0v) is 17.9. The van der Waals surface area contributed by atoms with Crippen molar-refractivity contribution in [1.29, 1.82) is 0 Å². The van der Waals surface area contributed by atoms with Gasteiger partial charge in [0.05, 0.1) is 5.56 Å². The van der Waals surface area contributed by atoms with E-state index in [9.17, 15) is 22.8 Å². The van der Waals surface area contributed by atoms with E-state index in [1.165, 1.54) is 12.1 Å². The number of hydrogen-bond acceptors (Lipinski definition) is 3. The average Bonchev–Trinajstić information content (AvgIpc) is 2.72. The number of amides is 1. The van der Waals surface area contributed by atoms with E-state index in [1.807, 2.05) is 0 Å². The van der Waals surface area contributed by atoms with Crippen molar-refractivity contribution in [3.8, 4) is 0 Å². The van der Waals surface area contributed by atoms with Gasteiger partial charge in [-0.3, -0.25) is 9.59 Å². The third-order valence-electron chi connectivity index (χ3n) is 5.65. The van der Waals surface area contributed by atoms with Crippen LogP contribution >= 0.6 is 11.6 Å². The van der Waals surface area contributed by atoms with Gasteiger partial charge in [0, 0.05) is 45.6 Å². The molecular weight excluding hydrogens is 441 g/mol. The van der Waals surface area contributed by atoms with Gasteiger partial charge in [-0.1, -0.05) is 29.8 Å². The number of alkyl halides is 3. The van der Waals surface area contributed by atoms with Crippen LogP contribution in [-0.4, -0.2) is 11.7 Å². The normalized spacial score (nSPS) is 18.9. The third-order valence-corrected chi connectivity index (χ3v) is 5.89. The molecule has 0 fully saturated rings. The van der Waals surface area contributed by atoms with Gasteiger partial charge in [0.2, 0.25) is 0 Å². The number of anilines is 1. The molecule has 1 unspecified atom stereocenters. The summed E-state index contributed by atoms with van der Waals surface area (Å²) in [7, 11) is 0. The van der Waals surface area contributed by atoms with E-state index >= 15 is 0 Å². The quantitative estimate of drug-likeness (QED) is 0.593. The first-order chi connectivity index (χ1) is 15.1. The third kappa shape index (κ3) is 4.30. The molecule has 0 saturated carbocycles. The Hall–Kier alpha value is -3.06. The van der Waals surface area contributed by atoms with E-state index in [1.54, 1.807) is 31.2 Å². The number of hydrogen-bond donors (Lipinski definition) is 2. The maximum atomic E-state index is 13.3. The highest BCUT2D eigenvalue weighted by molar-refractivity contribution is 6.30. The van der Waals surface area contributed by atoms with Gasteiger partial charge in [0.1, 0.15) is 0 Å². The Bertz CT molecular complexity index is 1170. The van der Waals surface area contributed by atoms with Crippen LogP contribution in [0.3, 0.4) is 0 Å². The van der Waals surface area contributed by atoms with E-state index in [2.05, 4.69) is 10.6 Å². The zero-order valence-electron chi connectivity index (χ0n) is 17.1. The fraction of sp³-hybridized carbons (Fsp3) is 0.250. The van der Waals surface area contributed by atoms with Gasteiger partial charge in [0.25, 0.3) is 5.91 Å². The van der Waals surface area contributed by atoms with Crippen LogP contribution in [-0.2, 0) is 15.8 Å². The smallest absolute Gasteiger partial charge is 0.362 e. The van der Waals surface area contributed by atoms with Crippen LogP contribution in [0.4, 0.5) is 18.9 Å². The highest BCUT2D eigenvalue weighted by Gasteiger charge is 2.38. The van der Waals surface area contributed by atoms with Gasteiger partial charge in [0.15, 0.2) is 5.78 Å². The number of nitrogens with one attached hydrogen (secondary N) is 2. The number of ketones is 1. The summed E-state index contributed by atoms with van der Waals surface area (Å²) < 4.78 is 39.3. The minimum atomic E-state index is -4.53. The number of carbonyl (C=O) groups excluding carboxylic acids is 2. The predicted octanol–water partition coefficient (Wildman–Crippen LogP) is 5.97. The molecule has 166 valence electrons. The van der Waals surface area contributed by atoms with E-state index in [0.717, 1.165) is 17.8 Å². The largest absolute Gasteiger partial charge is 0.416 e. The molecule has 0 saturated heterocycles. The number of halogens is 4. The summed E-state index contributed by atoms with van der Waals surface area (Å²) in [5.41, 5.74) is 1.95. The summed E-state index contributed by atoms with van der Waals surface area (Å²) in [4.78, 5) is 26.2. The van der Waals surface area contributed by atoms with Crippen molar-refractivity contribution in [1.82, 2.24) is 5.32 Å². The molecule has 0 aromatic heterocycles. The van der Waals surface area contributed by atoms with Crippen molar-refractivity contribution in [2.24, 2.45) is 0 Å². The molecule has 2 aliphatic rings. The zero-order chi connectivity index (χ0) is 23.0. The first kappa shape index (κ1) is 22.1. The number of rotatable bonds is 3. The minimum Gasteiger partial charge on any atom is -0.362 e. The fourth-order valence-electron chi connectivity index (χ4n) is 4.28. The minimum absolute atomic E-state index is 0.0183. The van der Waals surface area contributed by atoms with E-state index in [-0.39, 0.29) is 17.0 Å². The molecule has 4 nitrogen and oxygen atoms in total. The Morgan fingerprint density at radius 2 is 1.88 bits per heavy atom. The van der Waals surface area contributed by atoms with Gasteiger partial charge in [-0.05, 0) is 55.7 Å². The number of Topliss-reactive ketones (excluding diaryl/α,β-unsaturated/α-hetero) is 1. The van der Waals surface area contributed by atoms with Crippen LogP contribution in [0.2, 0.25) is 5.02 Å². The van der Waals surface area contributed by atoms with Crippen LogP contribution in [0.15, 0.2) is 71.1 Å². The van der Waals surface area contributed by atoms with Gasteiger partial charge in [-0.25, -0.2) is 0 Å². The first-order valence-corrected chi connectivity index (χ1v) is 10.5. The van der Waals surface area contributed by atoms with Crippen molar-refractivity contribution in [2.45, 2.75) is 38.3 Å². The van der Waals surface area contributed by atoms with Gasteiger partial charge in [-0.15, -0.1) is 0 Å². The lowest BCUT2D eigenvalue weighted by Gasteiger charge is -2.34. The molecular formula is C24H20ClF3N2O2.